The summed E-state index contributed by atoms with van der Waals surface area (Å²) < 4.78 is 7.34. The number of rotatable bonds is 7. The van der Waals surface area contributed by atoms with E-state index in [0.29, 0.717) is 29.0 Å². The van der Waals surface area contributed by atoms with Gasteiger partial charge in [-0.1, -0.05) is 40.4 Å². The van der Waals surface area contributed by atoms with Crippen molar-refractivity contribution < 1.29 is 9.32 Å². The number of carbonyl (C=O) groups excluding carboxylic acids is 1. The molecular weight excluding hydrogens is 404 g/mol. The minimum Gasteiger partial charge on any atom is -0.339 e. The number of benzene rings is 1. The van der Waals surface area contributed by atoms with Crippen molar-refractivity contribution in [3.05, 3.63) is 41.0 Å². The van der Waals surface area contributed by atoms with E-state index in [1.165, 1.54) is 11.3 Å². The smallest absolute Gasteiger partial charge is 0.227 e. The second-order valence-corrected chi connectivity index (χ2v) is 8.95. The van der Waals surface area contributed by atoms with Crippen molar-refractivity contribution >= 4 is 55.7 Å². The third-order valence-electron chi connectivity index (χ3n) is 3.45. The summed E-state index contributed by atoms with van der Waals surface area (Å²) in [5.41, 5.74) is 0.996. The molecule has 0 aliphatic carbocycles. The van der Waals surface area contributed by atoms with Gasteiger partial charge in [-0.15, -0.1) is 21.5 Å². The molecule has 0 radical (unpaired) electrons. The van der Waals surface area contributed by atoms with E-state index < -0.39 is 0 Å². The number of nitrogens with zero attached hydrogens (tertiary/aromatic N) is 5. The Labute approximate surface area is 166 Å². The molecule has 11 heteroatoms. The average Bonchev–Trinajstić information content (AvgIpc) is 3.37. The number of para-hydroxylation sites is 1. The number of fused-ring (bicyclic) bond motifs is 1. The fraction of sp³-hybridized carbons (Fsp3) is 0.250. The molecule has 3 aromatic heterocycles. The molecule has 8 nitrogen and oxygen atoms in total. The standard InChI is InChI=1S/C16H14N6O2S3/c1-9-20-21-15(26-9)19-13(23)6-7-14-18-12(22-24-14)8-25-16-17-10-4-2-3-5-11(10)27-16/h2-5H,6-8H2,1H3,(H,19,21,23). The Morgan fingerprint density at radius 3 is 2.93 bits per heavy atom. The van der Waals surface area contributed by atoms with Crippen molar-refractivity contribution in [3.8, 4) is 0 Å². The lowest BCUT2D eigenvalue weighted by molar-refractivity contribution is -0.116. The van der Waals surface area contributed by atoms with Gasteiger partial charge < -0.3 is 9.84 Å². The van der Waals surface area contributed by atoms with Crippen LogP contribution in [0.5, 0.6) is 0 Å². The van der Waals surface area contributed by atoms with Gasteiger partial charge in [0.1, 0.15) is 5.01 Å². The van der Waals surface area contributed by atoms with Gasteiger partial charge in [-0.05, 0) is 19.1 Å². The lowest BCUT2D eigenvalue weighted by Crippen LogP contribution is -2.12. The minimum absolute atomic E-state index is 0.158. The van der Waals surface area contributed by atoms with Gasteiger partial charge in [-0.2, -0.15) is 4.98 Å². The van der Waals surface area contributed by atoms with Gasteiger partial charge in [-0.3, -0.25) is 4.79 Å². The number of anilines is 1. The number of amides is 1. The van der Waals surface area contributed by atoms with Crippen LogP contribution in [0.15, 0.2) is 33.1 Å². The number of hydrogen-bond donors (Lipinski definition) is 1. The first-order valence-corrected chi connectivity index (χ1v) is 10.7. The van der Waals surface area contributed by atoms with E-state index >= 15 is 0 Å². The van der Waals surface area contributed by atoms with E-state index in [1.807, 2.05) is 25.1 Å². The molecule has 1 N–H and O–H groups in total. The molecule has 27 heavy (non-hydrogen) atoms. The quantitative estimate of drug-likeness (QED) is 0.453. The Morgan fingerprint density at radius 1 is 1.22 bits per heavy atom. The first-order chi connectivity index (χ1) is 13.2. The molecule has 0 saturated carbocycles. The van der Waals surface area contributed by atoms with Crippen LogP contribution in [-0.4, -0.2) is 31.2 Å². The molecule has 4 aromatic rings. The topological polar surface area (TPSA) is 107 Å². The summed E-state index contributed by atoms with van der Waals surface area (Å²) in [6, 6.07) is 8.03. The molecule has 3 heterocycles. The van der Waals surface area contributed by atoms with E-state index in [0.717, 1.165) is 19.6 Å². The summed E-state index contributed by atoms with van der Waals surface area (Å²) >= 11 is 4.55. The molecule has 0 unspecified atom stereocenters. The van der Waals surface area contributed by atoms with Crippen LogP contribution < -0.4 is 5.32 Å². The molecule has 1 amide bonds. The highest BCUT2D eigenvalue weighted by Gasteiger charge is 2.12. The number of thioether (sulfide) groups is 1. The largest absolute Gasteiger partial charge is 0.339 e. The van der Waals surface area contributed by atoms with Gasteiger partial charge >= 0.3 is 0 Å². The normalized spacial score (nSPS) is 11.1. The predicted molar refractivity (Wildman–Crippen MR) is 105 cm³/mol. The molecule has 0 atom stereocenters. The molecule has 0 aliphatic rings. The summed E-state index contributed by atoms with van der Waals surface area (Å²) in [7, 11) is 0. The molecule has 0 spiro atoms. The van der Waals surface area contributed by atoms with E-state index in [9.17, 15) is 4.79 Å². The molecule has 0 fully saturated rings. The summed E-state index contributed by atoms with van der Waals surface area (Å²) in [6.07, 6.45) is 0.619. The molecule has 0 saturated heterocycles. The van der Waals surface area contributed by atoms with Crippen LogP contribution in [0.25, 0.3) is 10.2 Å². The van der Waals surface area contributed by atoms with Crippen LogP contribution in [0.3, 0.4) is 0 Å². The summed E-state index contributed by atoms with van der Waals surface area (Å²) in [5, 5.41) is 15.7. The van der Waals surface area contributed by atoms with Gasteiger partial charge in [0.15, 0.2) is 10.2 Å². The minimum atomic E-state index is -0.158. The highest BCUT2D eigenvalue weighted by Crippen LogP contribution is 2.30. The van der Waals surface area contributed by atoms with Crippen molar-refractivity contribution in [1.82, 2.24) is 25.3 Å². The van der Waals surface area contributed by atoms with Crippen molar-refractivity contribution in [2.45, 2.75) is 29.9 Å². The van der Waals surface area contributed by atoms with Crippen LogP contribution >= 0.6 is 34.4 Å². The second-order valence-electron chi connectivity index (χ2n) is 5.51. The van der Waals surface area contributed by atoms with Crippen molar-refractivity contribution in [1.29, 1.82) is 0 Å². The summed E-state index contributed by atoms with van der Waals surface area (Å²) in [5.74, 6) is 1.45. The number of carbonyl (C=O) groups is 1. The average molecular weight is 419 g/mol. The van der Waals surface area contributed by atoms with Crippen LogP contribution in [-0.2, 0) is 17.0 Å². The van der Waals surface area contributed by atoms with E-state index in [-0.39, 0.29) is 12.3 Å². The van der Waals surface area contributed by atoms with E-state index in [4.69, 9.17) is 4.52 Å². The SMILES string of the molecule is Cc1nnc(NC(=O)CCc2nc(CSc3nc4ccccc4s3)no2)s1. The Bertz CT molecular complexity index is 1040. The molecule has 4 rings (SSSR count). The lowest BCUT2D eigenvalue weighted by Gasteiger charge is -1.97. The summed E-state index contributed by atoms with van der Waals surface area (Å²) in [4.78, 5) is 20.8. The van der Waals surface area contributed by atoms with Crippen LogP contribution in [0, 0.1) is 6.92 Å². The zero-order valence-electron chi connectivity index (χ0n) is 14.2. The predicted octanol–water partition coefficient (Wildman–Crippen LogP) is 3.70. The van der Waals surface area contributed by atoms with Gasteiger partial charge in [-0.25, -0.2) is 4.98 Å². The molecule has 1 aromatic carbocycles. The van der Waals surface area contributed by atoms with Crippen molar-refractivity contribution in [2.75, 3.05) is 5.32 Å². The Hall–Kier alpha value is -2.37. The number of aromatic nitrogens is 5. The lowest BCUT2D eigenvalue weighted by atomic mass is 10.3. The molecule has 0 aliphatic heterocycles. The summed E-state index contributed by atoms with van der Waals surface area (Å²) in [6.45, 7) is 1.83. The first kappa shape index (κ1) is 18.0. The Balaban J connectivity index is 1.27. The monoisotopic (exact) mass is 418 g/mol. The van der Waals surface area contributed by atoms with Gasteiger partial charge in [0.05, 0.1) is 16.0 Å². The Kier molecular flexibility index (Phi) is 5.41. The van der Waals surface area contributed by atoms with E-state index in [1.54, 1.807) is 23.1 Å². The maximum absolute atomic E-state index is 11.9. The Morgan fingerprint density at radius 2 is 2.11 bits per heavy atom. The molecule has 0 bridgehead atoms. The highest BCUT2D eigenvalue weighted by molar-refractivity contribution is 8.00. The second kappa shape index (κ2) is 8.11. The maximum atomic E-state index is 11.9. The fourth-order valence-electron chi connectivity index (χ4n) is 2.24. The van der Waals surface area contributed by atoms with Crippen LogP contribution in [0.1, 0.15) is 23.1 Å². The van der Waals surface area contributed by atoms with Crippen LogP contribution in [0.2, 0.25) is 0 Å². The van der Waals surface area contributed by atoms with Crippen molar-refractivity contribution in [2.24, 2.45) is 0 Å². The maximum Gasteiger partial charge on any atom is 0.227 e. The number of thiazole rings is 1. The zero-order valence-corrected chi connectivity index (χ0v) is 16.7. The van der Waals surface area contributed by atoms with E-state index in [2.05, 4.69) is 36.7 Å². The third kappa shape index (κ3) is 4.67. The van der Waals surface area contributed by atoms with Gasteiger partial charge in [0, 0.05) is 12.8 Å². The first-order valence-electron chi connectivity index (χ1n) is 8.05. The number of hydrogen-bond acceptors (Lipinski definition) is 10. The van der Waals surface area contributed by atoms with Crippen molar-refractivity contribution in [3.63, 3.8) is 0 Å². The van der Waals surface area contributed by atoms with Gasteiger partial charge in [0.2, 0.25) is 16.9 Å². The third-order valence-corrected chi connectivity index (χ3v) is 6.38. The molecule has 138 valence electrons. The highest BCUT2D eigenvalue weighted by atomic mass is 32.2. The number of aryl methyl sites for hydroxylation is 2. The van der Waals surface area contributed by atoms with Gasteiger partial charge in [0.25, 0.3) is 0 Å². The molecular formula is C16H14N6O2S3. The van der Waals surface area contributed by atoms with Crippen LogP contribution in [0.4, 0.5) is 5.13 Å². The zero-order chi connectivity index (χ0) is 18.6. The fourth-order valence-corrected chi connectivity index (χ4v) is 4.76. The number of nitrogens with one attached hydrogen (secondary N) is 1.